The Kier molecular flexibility index (Phi) is 4.98. The van der Waals surface area contributed by atoms with Gasteiger partial charge in [0.15, 0.2) is 0 Å². The van der Waals surface area contributed by atoms with Crippen LogP contribution in [0.3, 0.4) is 0 Å². The smallest absolute Gasteiger partial charge is 0.424 e. The summed E-state index contributed by atoms with van der Waals surface area (Å²) in [6.45, 7) is 7.16. The van der Waals surface area contributed by atoms with Gasteiger partial charge in [-0.25, -0.2) is 9.00 Å². The van der Waals surface area contributed by atoms with Crippen molar-refractivity contribution in [3.8, 4) is 0 Å². The van der Waals surface area contributed by atoms with E-state index in [2.05, 4.69) is 5.48 Å². The van der Waals surface area contributed by atoms with Gasteiger partial charge in [0.2, 0.25) is 0 Å². The van der Waals surface area contributed by atoms with Crippen molar-refractivity contribution in [3.05, 3.63) is 29.8 Å². The molecule has 128 valence electrons. The van der Waals surface area contributed by atoms with E-state index in [1.54, 1.807) is 27.7 Å². The summed E-state index contributed by atoms with van der Waals surface area (Å²) in [5.74, 6) is 0. The minimum Gasteiger partial charge on any atom is -0.443 e. The van der Waals surface area contributed by atoms with Crippen LogP contribution in [0.4, 0.5) is 10.5 Å². The van der Waals surface area contributed by atoms with Gasteiger partial charge < -0.3 is 4.74 Å². The number of hydrogen-bond acceptors (Lipinski definition) is 6. The maximum Gasteiger partial charge on any atom is 0.424 e. The van der Waals surface area contributed by atoms with Gasteiger partial charge in [-0.3, -0.25) is 14.5 Å². The highest BCUT2D eigenvalue weighted by atomic mass is 32.2. The lowest BCUT2D eigenvalue weighted by molar-refractivity contribution is 0.0271. The lowest BCUT2D eigenvalue weighted by Gasteiger charge is -2.33. The fraction of sp³-hybridized carbons (Fsp3) is 0.533. The molecule has 2 unspecified atom stereocenters. The maximum atomic E-state index is 12.5. The number of carbonyl (C=O) groups is 1. The van der Waals surface area contributed by atoms with Crippen LogP contribution in [0.2, 0.25) is 0 Å². The number of anilines is 1. The molecular formula is C15H22N2O5S. The monoisotopic (exact) mass is 342 g/mol. The molecule has 1 amide bonds. The number of rotatable bonds is 3. The molecule has 0 saturated carbocycles. The van der Waals surface area contributed by atoms with E-state index in [0.717, 1.165) is 9.87 Å². The molecule has 0 aliphatic carbocycles. The van der Waals surface area contributed by atoms with Crippen LogP contribution in [-0.4, -0.2) is 33.9 Å². The Bertz CT molecular complexity index is 616. The molecule has 0 spiro atoms. The minimum absolute atomic E-state index is 0.106. The Morgan fingerprint density at radius 1 is 1.43 bits per heavy atom. The predicted molar refractivity (Wildman–Crippen MR) is 86.6 cm³/mol. The van der Waals surface area contributed by atoms with E-state index in [1.165, 1.54) is 7.11 Å². The van der Waals surface area contributed by atoms with Crippen molar-refractivity contribution in [1.29, 1.82) is 0 Å². The molecule has 0 radical (unpaired) electrons. The fourth-order valence-corrected chi connectivity index (χ4v) is 3.32. The molecule has 8 heteroatoms. The second-order valence-electron chi connectivity index (χ2n) is 6.41. The van der Waals surface area contributed by atoms with Crippen LogP contribution in [0.1, 0.15) is 33.3 Å². The SMILES string of the molecule is CONc1cccc(C2(C)COS(=O)N2C(=O)OC(C)(C)C)c1. The molecule has 1 fully saturated rings. The van der Waals surface area contributed by atoms with Crippen molar-refractivity contribution in [2.75, 3.05) is 19.2 Å². The Hall–Kier alpha value is -1.64. The third-order valence-electron chi connectivity index (χ3n) is 3.30. The number of ether oxygens (including phenoxy) is 1. The summed E-state index contributed by atoms with van der Waals surface area (Å²) in [6, 6.07) is 7.29. The molecule has 1 aromatic rings. The third kappa shape index (κ3) is 3.82. The highest BCUT2D eigenvalue weighted by Crippen LogP contribution is 2.37. The van der Waals surface area contributed by atoms with E-state index in [9.17, 15) is 9.00 Å². The lowest BCUT2D eigenvalue weighted by atomic mass is 9.92. The number of hydrogen-bond donors (Lipinski definition) is 1. The molecule has 1 N–H and O–H groups in total. The Labute approximate surface area is 138 Å². The molecule has 1 aliphatic heterocycles. The van der Waals surface area contributed by atoms with Crippen LogP contribution in [0.25, 0.3) is 0 Å². The van der Waals surface area contributed by atoms with Gasteiger partial charge in [-0.15, -0.1) is 0 Å². The predicted octanol–water partition coefficient (Wildman–Crippen LogP) is 2.72. The van der Waals surface area contributed by atoms with Gasteiger partial charge in [-0.2, -0.15) is 4.31 Å². The van der Waals surface area contributed by atoms with Gasteiger partial charge in [0, 0.05) is 0 Å². The van der Waals surface area contributed by atoms with Crippen molar-refractivity contribution in [3.63, 3.8) is 0 Å². The Morgan fingerprint density at radius 3 is 2.74 bits per heavy atom. The van der Waals surface area contributed by atoms with Crippen LogP contribution in [0.5, 0.6) is 0 Å². The number of benzene rings is 1. The van der Waals surface area contributed by atoms with Crippen molar-refractivity contribution in [1.82, 2.24) is 4.31 Å². The van der Waals surface area contributed by atoms with E-state index >= 15 is 0 Å². The molecule has 1 heterocycles. The van der Waals surface area contributed by atoms with Gasteiger partial charge in [0.25, 0.3) is 11.3 Å². The van der Waals surface area contributed by atoms with E-state index in [1.807, 2.05) is 24.3 Å². The molecule has 0 aromatic heterocycles. The standard InChI is InChI=1S/C15H22N2O5S/c1-14(2,3)22-13(18)17-15(4,10-21-23(17)19)11-7-6-8-12(9-11)16-20-5/h6-9,16H,10H2,1-5H3. The average molecular weight is 342 g/mol. The maximum absolute atomic E-state index is 12.5. The Morgan fingerprint density at radius 2 is 2.13 bits per heavy atom. The summed E-state index contributed by atoms with van der Waals surface area (Å²) in [6.07, 6.45) is -0.680. The molecule has 7 nitrogen and oxygen atoms in total. The van der Waals surface area contributed by atoms with E-state index < -0.39 is 28.5 Å². The molecule has 1 saturated heterocycles. The number of nitrogens with one attached hydrogen (secondary N) is 1. The summed E-state index contributed by atoms with van der Waals surface area (Å²) in [7, 11) is 1.51. The van der Waals surface area contributed by atoms with Crippen LogP contribution in [0, 0.1) is 0 Å². The normalized spacial score (nSPS) is 24.6. The van der Waals surface area contributed by atoms with Gasteiger partial charge in [0.1, 0.15) is 11.1 Å². The molecule has 2 atom stereocenters. The highest BCUT2D eigenvalue weighted by Gasteiger charge is 2.49. The molecule has 1 aliphatic rings. The summed E-state index contributed by atoms with van der Waals surface area (Å²) < 4.78 is 23.9. The first kappa shape index (κ1) is 17.7. The second kappa shape index (κ2) is 6.46. The quantitative estimate of drug-likeness (QED) is 0.851. The van der Waals surface area contributed by atoms with Crippen molar-refractivity contribution >= 4 is 23.0 Å². The zero-order chi connectivity index (χ0) is 17.3. The largest absolute Gasteiger partial charge is 0.443 e. The average Bonchev–Trinajstić information content (AvgIpc) is 2.74. The molecular weight excluding hydrogens is 320 g/mol. The van der Waals surface area contributed by atoms with Crippen LogP contribution in [0.15, 0.2) is 24.3 Å². The van der Waals surface area contributed by atoms with Crippen LogP contribution < -0.4 is 5.48 Å². The fourth-order valence-electron chi connectivity index (χ4n) is 2.24. The molecule has 0 bridgehead atoms. The topological polar surface area (TPSA) is 77.1 Å². The first-order chi connectivity index (χ1) is 10.7. The summed E-state index contributed by atoms with van der Waals surface area (Å²) in [5, 5.41) is 0. The van der Waals surface area contributed by atoms with Crippen LogP contribution >= 0.6 is 0 Å². The van der Waals surface area contributed by atoms with E-state index in [4.69, 9.17) is 13.8 Å². The van der Waals surface area contributed by atoms with Gasteiger partial charge in [-0.05, 0) is 45.4 Å². The number of amides is 1. The zero-order valence-electron chi connectivity index (χ0n) is 13.9. The van der Waals surface area contributed by atoms with E-state index in [0.29, 0.717) is 5.69 Å². The molecule has 1 aromatic carbocycles. The summed E-state index contributed by atoms with van der Waals surface area (Å²) in [4.78, 5) is 17.4. The van der Waals surface area contributed by atoms with Crippen LogP contribution in [-0.2, 0) is 30.6 Å². The van der Waals surface area contributed by atoms with Crippen molar-refractivity contribution in [2.24, 2.45) is 0 Å². The molecule has 23 heavy (non-hydrogen) atoms. The molecule has 2 rings (SSSR count). The second-order valence-corrected chi connectivity index (χ2v) is 7.45. The van der Waals surface area contributed by atoms with Crippen molar-refractivity contribution < 1.29 is 22.8 Å². The minimum atomic E-state index is -1.90. The highest BCUT2D eigenvalue weighted by molar-refractivity contribution is 7.78. The first-order valence-electron chi connectivity index (χ1n) is 7.15. The van der Waals surface area contributed by atoms with E-state index in [-0.39, 0.29) is 6.61 Å². The first-order valence-corrected chi connectivity index (χ1v) is 8.18. The van der Waals surface area contributed by atoms with Gasteiger partial charge in [0.05, 0.1) is 19.4 Å². The Balaban J connectivity index is 2.36. The number of carbonyl (C=O) groups excluding carboxylic acids is 1. The summed E-state index contributed by atoms with van der Waals surface area (Å²) >= 11 is -1.90. The lowest BCUT2D eigenvalue weighted by Crippen LogP contribution is -2.46. The third-order valence-corrected chi connectivity index (χ3v) is 4.47. The van der Waals surface area contributed by atoms with Crippen molar-refractivity contribution in [2.45, 2.75) is 38.8 Å². The van der Waals surface area contributed by atoms with Gasteiger partial charge in [-0.1, -0.05) is 12.1 Å². The summed E-state index contributed by atoms with van der Waals surface area (Å²) in [5.41, 5.74) is 2.61. The number of nitrogens with zero attached hydrogens (tertiary/aromatic N) is 1. The van der Waals surface area contributed by atoms with Gasteiger partial charge >= 0.3 is 6.09 Å². The zero-order valence-corrected chi connectivity index (χ0v) is 14.7.